The summed E-state index contributed by atoms with van der Waals surface area (Å²) in [7, 11) is -3.36. The summed E-state index contributed by atoms with van der Waals surface area (Å²) in [6, 6.07) is 6.08. The van der Waals surface area contributed by atoms with Crippen molar-refractivity contribution in [1.29, 1.82) is 0 Å². The highest BCUT2D eigenvalue weighted by Crippen LogP contribution is 2.24. The predicted molar refractivity (Wildman–Crippen MR) is 56.6 cm³/mol. The predicted octanol–water partition coefficient (Wildman–Crippen LogP) is 0.528. The van der Waals surface area contributed by atoms with Crippen molar-refractivity contribution < 1.29 is 13.5 Å². The van der Waals surface area contributed by atoms with Gasteiger partial charge >= 0.3 is 0 Å². The summed E-state index contributed by atoms with van der Waals surface area (Å²) in [5.41, 5.74) is 0. The number of benzene rings is 1. The van der Waals surface area contributed by atoms with E-state index in [1.165, 1.54) is 12.1 Å². The molecule has 1 saturated heterocycles. The molecule has 1 heterocycles. The van der Waals surface area contributed by atoms with Crippen LogP contribution in [-0.2, 0) is 9.84 Å². The highest BCUT2D eigenvalue weighted by atomic mass is 32.2. The monoisotopic (exact) mass is 227 g/mol. The van der Waals surface area contributed by atoms with Gasteiger partial charge in [-0.25, -0.2) is 8.42 Å². The van der Waals surface area contributed by atoms with Crippen LogP contribution in [0.2, 0.25) is 0 Å². The number of sulfone groups is 1. The lowest BCUT2D eigenvalue weighted by Gasteiger charge is -2.27. The first-order valence-electron chi connectivity index (χ1n) is 4.84. The number of rotatable bonds is 3. The Morgan fingerprint density at radius 2 is 2.07 bits per heavy atom. The van der Waals surface area contributed by atoms with Gasteiger partial charge in [0.15, 0.2) is 9.84 Å². The molecule has 2 rings (SSSR count). The van der Waals surface area contributed by atoms with Crippen LogP contribution < -0.4 is 5.32 Å². The SMILES string of the molecule is O=S(=O)(CC1CCN1)c1ccccc1O. The molecule has 1 atom stereocenters. The molecule has 1 fully saturated rings. The number of phenols is 1. The molecule has 4 nitrogen and oxygen atoms in total. The van der Waals surface area contributed by atoms with Crippen LogP contribution in [0.1, 0.15) is 6.42 Å². The summed E-state index contributed by atoms with van der Waals surface area (Å²) >= 11 is 0. The molecule has 2 N–H and O–H groups in total. The smallest absolute Gasteiger partial charge is 0.183 e. The second kappa shape index (κ2) is 3.83. The van der Waals surface area contributed by atoms with E-state index in [4.69, 9.17) is 0 Å². The Labute approximate surface area is 88.9 Å². The Kier molecular flexibility index (Phi) is 2.67. The van der Waals surface area contributed by atoms with Gasteiger partial charge < -0.3 is 10.4 Å². The molecule has 1 aliphatic rings. The molecule has 0 bridgehead atoms. The number of hydrogen-bond donors (Lipinski definition) is 2. The molecule has 0 aromatic heterocycles. The van der Waals surface area contributed by atoms with Crippen molar-refractivity contribution in [3.63, 3.8) is 0 Å². The van der Waals surface area contributed by atoms with Crippen molar-refractivity contribution in [2.24, 2.45) is 0 Å². The lowest BCUT2D eigenvalue weighted by Crippen LogP contribution is -2.47. The summed E-state index contributed by atoms with van der Waals surface area (Å²) in [5, 5.41) is 12.5. The van der Waals surface area contributed by atoms with Crippen LogP contribution in [0.4, 0.5) is 0 Å². The molecule has 1 aromatic rings. The topological polar surface area (TPSA) is 66.4 Å². The maximum absolute atomic E-state index is 11.9. The standard InChI is InChI=1S/C10H13NO3S/c12-9-3-1-2-4-10(9)15(13,14)7-8-5-6-11-8/h1-4,8,11-12H,5-7H2. The lowest BCUT2D eigenvalue weighted by molar-refractivity contribution is 0.398. The fourth-order valence-corrected chi connectivity index (χ4v) is 3.23. The molecule has 0 saturated carbocycles. The zero-order chi connectivity index (χ0) is 10.9. The maximum Gasteiger partial charge on any atom is 0.183 e. The van der Waals surface area contributed by atoms with E-state index < -0.39 is 9.84 Å². The molecule has 0 spiro atoms. The van der Waals surface area contributed by atoms with E-state index in [9.17, 15) is 13.5 Å². The number of aromatic hydroxyl groups is 1. The third kappa shape index (κ3) is 2.13. The molecule has 82 valence electrons. The van der Waals surface area contributed by atoms with E-state index >= 15 is 0 Å². The molecule has 1 aliphatic heterocycles. The first-order chi connectivity index (χ1) is 7.09. The average Bonchev–Trinajstić information content (AvgIpc) is 2.12. The molecule has 0 aliphatic carbocycles. The van der Waals surface area contributed by atoms with Crippen LogP contribution in [0.5, 0.6) is 5.75 Å². The quantitative estimate of drug-likeness (QED) is 0.790. The highest BCUT2D eigenvalue weighted by molar-refractivity contribution is 7.91. The van der Waals surface area contributed by atoms with E-state index in [-0.39, 0.29) is 22.4 Å². The van der Waals surface area contributed by atoms with Crippen LogP contribution in [-0.4, -0.2) is 31.9 Å². The molecule has 0 amide bonds. The molecule has 1 aromatic carbocycles. The number of hydrogen-bond acceptors (Lipinski definition) is 4. The van der Waals surface area contributed by atoms with Crippen molar-refractivity contribution in [3.05, 3.63) is 24.3 Å². The van der Waals surface area contributed by atoms with Crippen LogP contribution in [0.15, 0.2) is 29.2 Å². The van der Waals surface area contributed by atoms with Gasteiger partial charge in [0.25, 0.3) is 0 Å². The van der Waals surface area contributed by atoms with Gasteiger partial charge in [0.05, 0.1) is 5.75 Å². The summed E-state index contributed by atoms with van der Waals surface area (Å²) in [4.78, 5) is 0.0266. The lowest BCUT2D eigenvalue weighted by atomic mass is 10.1. The third-order valence-electron chi connectivity index (χ3n) is 2.55. The van der Waals surface area contributed by atoms with Crippen molar-refractivity contribution >= 4 is 9.84 Å². The third-order valence-corrected chi connectivity index (χ3v) is 4.40. The average molecular weight is 227 g/mol. The van der Waals surface area contributed by atoms with E-state index in [1.54, 1.807) is 12.1 Å². The zero-order valence-corrected chi connectivity index (χ0v) is 9.00. The molecule has 5 heteroatoms. The van der Waals surface area contributed by atoms with Gasteiger partial charge in [0.1, 0.15) is 10.6 Å². The number of nitrogens with one attached hydrogen (secondary N) is 1. The van der Waals surface area contributed by atoms with Crippen molar-refractivity contribution in [3.8, 4) is 5.75 Å². The van der Waals surface area contributed by atoms with E-state index in [0.717, 1.165) is 13.0 Å². The summed E-state index contributed by atoms with van der Waals surface area (Å²) in [5.74, 6) is -0.110. The van der Waals surface area contributed by atoms with Gasteiger partial charge in [-0.05, 0) is 25.1 Å². The van der Waals surface area contributed by atoms with E-state index in [0.29, 0.717) is 0 Å². The van der Waals surface area contributed by atoms with Gasteiger partial charge in [-0.1, -0.05) is 12.1 Å². The Morgan fingerprint density at radius 1 is 1.40 bits per heavy atom. The van der Waals surface area contributed by atoms with Crippen LogP contribution in [0, 0.1) is 0 Å². The van der Waals surface area contributed by atoms with Crippen LogP contribution in [0.3, 0.4) is 0 Å². The van der Waals surface area contributed by atoms with E-state index in [1.807, 2.05) is 0 Å². The van der Waals surface area contributed by atoms with Gasteiger partial charge in [-0.15, -0.1) is 0 Å². The summed E-state index contributed by atoms with van der Waals surface area (Å²) < 4.78 is 23.7. The molecular weight excluding hydrogens is 214 g/mol. The van der Waals surface area contributed by atoms with Gasteiger partial charge in [0, 0.05) is 6.04 Å². The molecule has 0 radical (unpaired) electrons. The summed E-state index contributed by atoms with van der Waals surface area (Å²) in [6.07, 6.45) is 0.882. The molecule has 15 heavy (non-hydrogen) atoms. The Bertz CT molecular complexity index is 451. The largest absolute Gasteiger partial charge is 0.507 e. The highest BCUT2D eigenvalue weighted by Gasteiger charge is 2.26. The maximum atomic E-state index is 11.9. The minimum atomic E-state index is -3.36. The second-order valence-electron chi connectivity index (χ2n) is 3.69. The molecule has 1 unspecified atom stereocenters. The number of para-hydroxylation sites is 1. The summed E-state index contributed by atoms with van der Waals surface area (Å²) in [6.45, 7) is 0.876. The van der Waals surface area contributed by atoms with Crippen molar-refractivity contribution in [1.82, 2.24) is 5.32 Å². The van der Waals surface area contributed by atoms with Crippen molar-refractivity contribution in [2.45, 2.75) is 17.4 Å². The first-order valence-corrected chi connectivity index (χ1v) is 6.49. The van der Waals surface area contributed by atoms with Gasteiger partial charge in [-0.3, -0.25) is 0 Å². The Hall–Kier alpha value is -1.07. The van der Waals surface area contributed by atoms with Crippen molar-refractivity contribution in [2.75, 3.05) is 12.3 Å². The van der Waals surface area contributed by atoms with Gasteiger partial charge in [-0.2, -0.15) is 0 Å². The van der Waals surface area contributed by atoms with E-state index in [2.05, 4.69) is 5.32 Å². The minimum absolute atomic E-state index is 0.0266. The number of phenolic OH excluding ortho intramolecular Hbond substituents is 1. The van der Waals surface area contributed by atoms with Crippen LogP contribution >= 0.6 is 0 Å². The van der Waals surface area contributed by atoms with Crippen LogP contribution in [0.25, 0.3) is 0 Å². The zero-order valence-electron chi connectivity index (χ0n) is 8.18. The Balaban J connectivity index is 2.24. The van der Waals surface area contributed by atoms with Gasteiger partial charge in [0.2, 0.25) is 0 Å². The minimum Gasteiger partial charge on any atom is -0.507 e. The fourth-order valence-electron chi connectivity index (χ4n) is 1.57. The fraction of sp³-hybridized carbons (Fsp3) is 0.400. The molecular formula is C10H13NO3S. The normalized spacial score (nSPS) is 20.9. The Morgan fingerprint density at radius 3 is 2.60 bits per heavy atom. The first kappa shape index (κ1) is 10.4. The second-order valence-corrected chi connectivity index (χ2v) is 5.69.